The van der Waals surface area contributed by atoms with Gasteiger partial charge in [-0.15, -0.1) is 0 Å². The molecule has 49 heavy (non-hydrogen) atoms. The van der Waals surface area contributed by atoms with Crippen molar-refractivity contribution in [2.45, 2.75) is 34.6 Å². The Morgan fingerprint density at radius 2 is 1.27 bits per heavy atom. The molecular formula is C41H36O8. The van der Waals surface area contributed by atoms with Gasteiger partial charge in [0.1, 0.15) is 22.8 Å². The Hall–Kier alpha value is -6.28. The van der Waals surface area contributed by atoms with E-state index < -0.39 is 17.6 Å². The first-order valence-electron chi connectivity index (χ1n) is 15.2. The van der Waals surface area contributed by atoms with Crippen LogP contribution >= 0.6 is 0 Å². The lowest BCUT2D eigenvalue weighted by Gasteiger charge is -2.08. The first-order valence-corrected chi connectivity index (χ1v) is 15.2. The number of aryl methyl sites for hydroxylation is 2. The third kappa shape index (κ3) is 9.62. The zero-order valence-corrected chi connectivity index (χ0v) is 28.0. The van der Waals surface area contributed by atoms with Crippen LogP contribution in [0.1, 0.15) is 43.0 Å². The van der Waals surface area contributed by atoms with E-state index in [1.807, 2.05) is 69.3 Å². The summed E-state index contributed by atoms with van der Waals surface area (Å²) in [7, 11) is 0. The van der Waals surface area contributed by atoms with E-state index in [2.05, 4.69) is 13.2 Å². The number of carbonyl (C=O) groups is 3. The first kappa shape index (κ1) is 35.6. The minimum absolute atomic E-state index is 0.324. The van der Waals surface area contributed by atoms with E-state index in [9.17, 15) is 19.2 Å². The lowest BCUT2D eigenvalue weighted by atomic mass is 10.0. The molecule has 8 nitrogen and oxygen atoms in total. The normalized spacial score (nSPS) is 10.8. The van der Waals surface area contributed by atoms with Gasteiger partial charge >= 0.3 is 17.6 Å². The van der Waals surface area contributed by atoms with Crippen molar-refractivity contribution in [2.24, 2.45) is 0 Å². The average Bonchev–Trinajstić information content (AvgIpc) is 3.06. The van der Waals surface area contributed by atoms with E-state index in [-0.39, 0.29) is 0 Å². The average molecular weight is 657 g/mol. The minimum atomic E-state index is -0.483. The lowest BCUT2D eigenvalue weighted by Crippen LogP contribution is -2.08. The van der Waals surface area contributed by atoms with Crippen molar-refractivity contribution in [1.82, 2.24) is 0 Å². The van der Waals surface area contributed by atoms with Gasteiger partial charge in [-0.05, 0) is 111 Å². The largest absolute Gasteiger partial charge is 0.428 e. The number of esters is 2. The molecule has 0 saturated heterocycles. The van der Waals surface area contributed by atoms with Crippen LogP contribution in [-0.4, -0.2) is 18.4 Å². The van der Waals surface area contributed by atoms with E-state index in [1.165, 1.54) is 0 Å². The van der Waals surface area contributed by atoms with Gasteiger partial charge in [0.25, 0.3) is 6.47 Å². The Morgan fingerprint density at radius 1 is 0.714 bits per heavy atom. The molecule has 0 aliphatic rings. The Kier molecular flexibility index (Phi) is 11.6. The number of ether oxygens (including phenoxy) is 3. The second kappa shape index (κ2) is 16.0. The summed E-state index contributed by atoms with van der Waals surface area (Å²) in [6, 6.07) is 27.0. The summed E-state index contributed by atoms with van der Waals surface area (Å²) in [6.45, 7) is 16.6. The maximum atomic E-state index is 12.2. The molecule has 0 radical (unpaired) electrons. The molecule has 0 unspecified atom stereocenters. The van der Waals surface area contributed by atoms with Crippen LogP contribution in [0.25, 0.3) is 33.7 Å². The van der Waals surface area contributed by atoms with E-state index in [1.54, 1.807) is 62.4 Å². The monoisotopic (exact) mass is 656 g/mol. The van der Waals surface area contributed by atoms with Crippen LogP contribution in [0.2, 0.25) is 0 Å². The second-order valence-electron chi connectivity index (χ2n) is 11.5. The van der Waals surface area contributed by atoms with Crippen LogP contribution in [0, 0.1) is 13.8 Å². The molecule has 0 amide bonds. The summed E-state index contributed by atoms with van der Waals surface area (Å²) in [4.78, 5) is 45.9. The summed E-state index contributed by atoms with van der Waals surface area (Å²) < 4.78 is 20.7. The standard InChI is InChI=1S/C21H20O4.C20H16O4/c1-14(2)21(23)25-19-8-6-17(7-9-19)16(4)12-18-11-15(3)5-10-20(18)24-13-22;1-12(2)19(21)23-16-8-6-14(7-9-16)17-11-15-5-4-13(3)10-18(15)24-20(17)22/h5-13H,1H2,2-4H3;4-11H,1H2,2-3H3/b16-12+;. The second-order valence-corrected chi connectivity index (χ2v) is 11.5. The predicted molar refractivity (Wildman–Crippen MR) is 191 cm³/mol. The summed E-state index contributed by atoms with van der Waals surface area (Å²) in [5.74, 6) is 0.434. The highest BCUT2D eigenvalue weighted by atomic mass is 16.5. The number of rotatable bonds is 9. The van der Waals surface area contributed by atoms with Gasteiger partial charge in [-0.2, -0.15) is 0 Å². The van der Waals surface area contributed by atoms with Gasteiger partial charge in [0, 0.05) is 22.1 Å². The van der Waals surface area contributed by atoms with E-state index in [0.717, 1.165) is 33.2 Å². The highest BCUT2D eigenvalue weighted by molar-refractivity contribution is 5.89. The van der Waals surface area contributed by atoms with Gasteiger partial charge in [0.15, 0.2) is 0 Å². The fraction of sp³-hybridized carbons (Fsp3) is 0.122. The number of allylic oxidation sites excluding steroid dienone is 1. The number of hydrogen-bond acceptors (Lipinski definition) is 8. The molecule has 0 saturated carbocycles. The van der Waals surface area contributed by atoms with Gasteiger partial charge in [-0.3, -0.25) is 4.79 Å². The SMILES string of the molecule is C=C(C)C(=O)Oc1ccc(-c2cc3ccc(C)cc3oc2=O)cc1.C=C(C)C(=O)Oc1ccc(/C(C)=C/c2cc(C)ccc2OC=O)cc1. The number of fused-ring (bicyclic) bond motifs is 1. The summed E-state index contributed by atoms with van der Waals surface area (Å²) >= 11 is 0. The molecular weight excluding hydrogens is 620 g/mol. The molecule has 0 N–H and O–H groups in total. The summed E-state index contributed by atoms with van der Waals surface area (Å²) in [5, 5.41) is 0.855. The molecule has 0 atom stereocenters. The predicted octanol–water partition coefficient (Wildman–Crippen LogP) is 8.82. The van der Waals surface area contributed by atoms with Crippen molar-refractivity contribution >= 4 is 41.0 Å². The fourth-order valence-corrected chi connectivity index (χ4v) is 4.55. The highest BCUT2D eigenvalue weighted by Crippen LogP contribution is 2.27. The van der Waals surface area contributed by atoms with Crippen molar-refractivity contribution < 1.29 is 33.0 Å². The number of carbonyl (C=O) groups excluding carboxylic acids is 3. The van der Waals surface area contributed by atoms with Crippen LogP contribution in [0.5, 0.6) is 17.2 Å². The van der Waals surface area contributed by atoms with Gasteiger partial charge in [-0.1, -0.05) is 61.2 Å². The van der Waals surface area contributed by atoms with Crippen molar-refractivity contribution in [3.8, 4) is 28.4 Å². The van der Waals surface area contributed by atoms with Gasteiger partial charge in [0.05, 0.1) is 5.56 Å². The van der Waals surface area contributed by atoms with E-state index in [4.69, 9.17) is 18.6 Å². The zero-order valence-electron chi connectivity index (χ0n) is 28.0. The third-order valence-corrected chi connectivity index (χ3v) is 7.20. The van der Waals surface area contributed by atoms with Crippen LogP contribution in [0.3, 0.4) is 0 Å². The molecule has 5 rings (SSSR count). The van der Waals surface area contributed by atoms with Crippen molar-refractivity contribution in [3.63, 3.8) is 0 Å². The highest BCUT2D eigenvalue weighted by Gasteiger charge is 2.11. The van der Waals surface area contributed by atoms with Crippen molar-refractivity contribution in [1.29, 1.82) is 0 Å². The molecule has 0 spiro atoms. The molecule has 248 valence electrons. The minimum Gasteiger partial charge on any atom is -0.428 e. The van der Waals surface area contributed by atoms with E-state index >= 15 is 0 Å². The van der Waals surface area contributed by atoms with Crippen molar-refractivity contribution in [2.75, 3.05) is 0 Å². The number of benzene rings is 4. The maximum absolute atomic E-state index is 12.2. The Bertz CT molecular complexity index is 2130. The van der Waals surface area contributed by atoms with Crippen LogP contribution in [0.15, 0.2) is 125 Å². The van der Waals surface area contributed by atoms with Gasteiger partial charge in [-0.25, -0.2) is 14.4 Å². The zero-order chi connectivity index (χ0) is 35.7. The van der Waals surface area contributed by atoms with Gasteiger partial charge in [0.2, 0.25) is 0 Å². The number of hydrogen-bond donors (Lipinski definition) is 0. The van der Waals surface area contributed by atoms with E-state index in [0.29, 0.717) is 51.6 Å². The topological polar surface area (TPSA) is 109 Å². The molecule has 5 aromatic rings. The fourth-order valence-electron chi connectivity index (χ4n) is 4.55. The molecule has 8 heteroatoms. The quantitative estimate of drug-likeness (QED) is 0.0387. The molecule has 0 fully saturated rings. The summed E-state index contributed by atoms with van der Waals surface area (Å²) in [6.07, 6.45) is 1.95. The first-order chi connectivity index (χ1) is 23.3. The third-order valence-electron chi connectivity index (χ3n) is 7.20. The molecule has 1 heterocycles. The molecule has 0 aliphatic heterocycles. The molecule has 0 bridgehead atoms. The van der Waals surface area contributed by atoms with Crippen LogP contribution in [0.4, 0.5) is 0 Å². The molecule has 4 aromatic carbocycles. The summed E-state index contributed by atoms with van der Waals surface area (Å²) in [5.41, 5.74) is 6.87. The Morgan fingerprint density at radius 3 is 1.84 bits per heavy atom. The lowest BCUT2D eigenvalue weighted by molar-refractivity contribution is -0.130. The maximum Gasteiger partial charge on any atom is 0.344 e. The van der Waals surface area contributed by atoms with Crippen LogP contribution < -0.4 is 19.8 Å². The Labute approximate surface area is 284 Å². The van der Waals surface area contributed by atoms with Crippen LogP contribution in [-0.2, 0) is 14.4 Å². The van der Waals surface area contributed by atoms with Crippen molar-refractivity contribution in [3.05, 3.63) is 148 Å². The molecule has 0 aliphatic carbocycles. The Balaban J connectivity index is 0.000000221. The molecule has 1 aromatic heterocycles. The smallest absolute Gasteiger partial charge is 0.344 e. The van der Waals surface area contributed by atoms with Gasteiger partial charge < -0.3 is 18.6 Å².